The summed E-state index contributed by atoms with van der Waals surface area (Å²) in [5, 5.41) is 0. The molecule has 0 aromatic heterocycles. The Kier molecular flexibility index (Phi) is 7.99. The van der Waals surface area contributed by atoms with E-state index < -0.39 is 0 Å². The van der Waals surface area contributed by atoms with E-state index in [1.807, 2.05) is 0 Å². The zero-order valence-electron chi connectivity index (χ0n) is 18.5. The summed E-state index contributed by atoms with van der Waals surface area (Å²) in [6.45, 7) is 20.5. The minimum absolute atomic E-state index is 0.722. The molecule has 0 radical (unpaired) electrons. The first-order chi connectivity index (χ1) is 13.5. The van der Waals surface area contributed by atoms with Crippen molar-refractivity contribution >= 4 is 5.69 Å². The fraction of sp³-hybridized carbons (Fsp3) is 0.680. The number of benzene rings is 1. The van der Waals surface area contributed by atoms with Gasteiger partial charge in [0.25, 0.3) is 0 Å². The highest BCUT2D eigenvalue weighted by Crippen LogP contribution is 2.23. The number of anilines is 1. The third-order valence-electron chi connectivity index (χ3n) is 6.35. The predicted molar refractivity (Wildman–Crippen MR) is 122 cm³/mol. The average molecular weight is 384 g/mol. The molecule has 0 saturated carbocycles. The molecule has 28 heavy (non-hydrogen) atoms. The van der Waals surface area contributed by atoms with Crippen LogP contribution in [0.1, 0.15) is 45.6 Å². The minimum atomic E-state index is 0.722. The molecule has 0 atom stereocenters. The smallest absolute Gasteiger partial charge is 0.0369 e. The van der Waals surface area contributed by atoms with Gasteiger partial charge in [-0.2, -0.15) is 0 Å². The van der Waals surface area contributed by atoms with Crippen molar-refractivity contribution in [3.05, 3.63) is 42.0 Å². The Labute approximate surface area is 173 Å². The van der Waals surface area contributed by atoms with Gasteiger partial charge in [-0.1, -0.05) is 38.1 Å². The van der Waals surface area contributed by atoms with Crippen molar-refractivity contribution in [3.8, 4) is 0 Å². The molecule has 2 aliphatic rings. The fourth-order valence-electron chi connectivity index (χ4n) is 4.76. The van der Waals surface area contributed by atoms with E-state index in [0.717, 1.165) is 18.4 Å². The van der Waals surface area contributed by atoms with E-state index in [0.29, 0.717) is 0 Å². The maximum atomic E-state index is 4.06. The largest absolute Gasteiger partial charge is 0.369 e. The first-order valence-electron chi connectivity index (χ1n) is 11.4. The van der Waals surface area contributed by atoms with Crippen LogP contribution in [0.15, 0.2) is 36.4 Å². The zero-order chi connectivity index (χ0) is 19.9. The summed E-state index contributed by atoms with van der Waals surface area (Å²) >= 11 is 0. The Morgan fingerprint density at radius 1 is 1.04 bits per heavy atom. The quantitative estimate of drug-likeness (QED) is 0.603. The fourth-order valence-corrected chi connectivity index (χ4v) is 4.76. The van der Waals surface area contributed by atoms with Gasteiger partial charge in [0.2, 0.25) is 0 Å². The van der Waals surface area contributed by atoms with Crippen LogP contribution in [0.4, 0.5) is 5.69 Å². The summed E-state index contributed by atoms with van der Waals surface area (Å²) in [5.41, 5.74) is 4.20. The molecule has 2 saturated heterocycles. The van der Waals surface area contributed by atoms with Crippen LogP contribution in [-0.4, -0.2) is 62.2 Å². The first-order valence-corrected chi connectivity index (χ1v) is 11.4. The van der Waals surface area contributed by atoms with E-state index in [4.69, 9.17) is 0 Å². The van der Waals surface area contributed by atoms with Crippen molar-refractivity contribution in [2.45, 2.75) is 46.5 Å². The van der Waals surface area contributed by atoms with Crippen molar-refractivity contribution in [1.29, 1.82) is 0 Å². The molecule has 0 N–H and O–H groups in total. The molecule has 3 heteroatoms. The van der Waals surface area contributed by atoms with Crippen LogP contribution < -0.4 is 4.90 Å². The molecule has 0 spiro atoms. The number of hydrogen-bond donors (Lipinski definition) is 0. The summed E-state index contributed by atoms with van der Waals surface area (Å²) in [5.74, 6) is 1.65. The minimum Gasteiger partial charge on any atom is -0.369 e. The molecule has 156 valence electrons. The Hall–Kier alpha value is -1.32. The van der Waals surface area contributed by atoms with Crippen molar-refractivity contribution in [1.82, 2.24) is 9.80 Å². The number of piperidine rings is 1. The summed E-state index contributed by atoms with van der Waals surface area (Å²) in [4.78, 5) is 7.84. The Balaban J connectivity index is 1.37. The molecule has 0 aliphatic carbocycles. The highest BCUT2D eigenvalue weighted by Gasteiger charge is 2.22. The van der Waals surface area contributed by atoms with Crippen LogP contribution in [0.3, 0.4) is 0 Å². The van der Waals surface area contributed by atoms with Gasteiger partial charge >= 0.3 is 0 Å². The van der Waals surface area contributed by atoms with Gasteiger partial charge in [-0.15, -0.1) is 0 Å². The van der Waals surface area contributed by atoms with E-state index >= 15 is 0 Å². The van der Waals surface area contributed by atoms with Crippen LogP contribution in [0.5, 0.6) is 0 Å². The lowest BCUT2D eigenvalue weighted by Gasteiger charge is -2.38. The molecule has 0 bridgehead atoms. The van der Waals surface area contributed by atoms with Gasteiger partial charge in [-0.05, 0) is 81.8 Å². The molecule has 2 fully saturated rings. The lowest BCUT2D eigenvalue weighted by atomic mass is 9.93. The van der Waals surface area contributed by atoms with Gasteiger partial charge < -0.3 is 4.90 Å². The predicted octanol–water partition coefficient (Wildman–Crippen LogP) is 4.69. The highest BCUT2D eigenvalue weighted by atomic mass is 15.3. The van der Waals surface area contributed by atoms with Crippen LogP contribution in [0, 0.1) is 11.8 Å². The molecule has 1 aromatic rings. The molecule has 2 heterocycles. The number of hydrogen-bond acceptors (Lipinski definition) is 3. The SMILES string of the molecule is C=C(C)CN1CCC(CCN2CCN(c3cccc(CC(C)C)c3)CC2)CC1. The standard InChI is InChI=1S/C25H41N3/c1-21(2)18-24-6-5-7-25(19-24)28-16-14-26(15-17-28)11-8-23-9-12-27(13-10-23)20-22(3)4/h5-7,19,21,23H,3,8-18,20H2,1-2,4H3. The molecule has 1 aromatic carbocycles. The number of nitrogens with zero attached hydrogens (tertiary/aromatic N) is 3. The molecular weight excluding hydrogens is 342 g/mol. The second-order valence-corrected chi connectivity index (χ2v) is 9.56. The van der Waals surface area contributed by atoms with Gasteiger partial charge in [0.1, 0.15) is 0 Å². The lowest BCUT2D eigenvalue weighted by molar-refractivity contribution is 0.170. The topological polar surface area (TPSA) is 9.72 Å². The van der Waals surface area contributed by atoms with Crippen LogP contribution >= 0.6 is 0 Å². The van der Waals surface area contributed by atoms with Crippen LogP contribution in [-0.2, 0) is 6.42 Å². The van der Waals surface area contributed by atoms with Crippen molar-refractivity contribution < 1.29 is 0 Å². The summed E-state index contributed by atoms with van der Waals surface area (Å²) in [6.07, 6.45) is 5.30. The molecule has 3 nitrogen and oxygen atoms in total. The second kappa shape index (κ2) is 10.5. The average Bonchev–Trinajstić information content (AvgIpc) is 2.67. The van der Waals surface area contributed by atoms with Crippen molar-refractivity contribution in [2.75, 3.05) is 57.3 Å². The Bertz CT molecular complexity index is 608. The van der Waals surface area contributed by atoms with Gasteiger partial charge in [-0.3, -0.25) is 9.80 Å². The van der Waals surface area contributed by atoms with Gasteiger partial charge in [0.05, 0.1) is 0 Å². The maximum Gasteiger partial charge on any atom is 0.0369 e. The number of likely N-dealkylation sites (tertiary alicyclic amines) is 1. The lowest BCUT2D eigenvalue weighted by Crippen LogP contribution is -2.47. The summed E-state index contributed by atoms with van der Waals surface area (Å²) in [6, 6.07) is 9.22. The summed E-state index contributed by atoms with van der Waals surface area (Å²) < 4.78 is 0. The number of rotatable bonds is 8. The van der Waals surface area contributed by atoms with E-state index in [1.165, 1.54) is 88.3 Å². The first kappa shape index (κ1) is 21.4. The molecule has 3 rings (SSSR count). The van der Waals surface area contributed by atoms with Gasteiger partial charge in [0, 0.05) is 38.4 Å². The molecule has 0 unspecified atom stereocenters. The van der Waals surface area contributed by atoms with E-state index in [2.05, 4.69) is 66.3 Å². The number of piperazine rings is 1. The third kappa shape index (κ3) is 6.63. The zero-order valence-corrected chi connectivity index (χ0v) is 18.5. The summed E-state index contributed by atoms with van der Waals surface area (Å²) in [7, 11) is 0. The molecule has 2 aliphatic heterocycles. The third-order valence-corrected chi connectivity index (χ3v) is 6.35. The van der Waals surface area contributed by atoms with Gasteiger partial charge in [0.15, 0.2) is 0 Å². The van der Waals surface area contributed by atoms with Crippen LogP contribution in [0.2, 0.25) is 0 Å². The monoisotopic (exact) mass is 383 g/mol. The van der Waals surface area contributed by atoms with E-state index in [9.17, 15) is 0 Å². The van der Waals surface area contributed by atoms with E-state index in [1.54, 1.807) is 0 Å². The molecule has 0 amide bonds. The van der Waals surface area contributed by atoms with Crippen molar-refractivity contribution in [2.24, 2.45) is 11.8 Å². The van der Waals surface area contributed by atoms with Crippen molar-refractivity contribution in [3.63, 3.8) is 0 Å². The normalized spacial score (nSPS) is 20.1. The Morgan fingerprint density at radius 3 is 2.39 bits per heavy atom. The second-order valence-electron chi connectivity index (χ2n) is 9.56. The Morgan fingerprint density at radius 2 is 1.75 bits per heavy atom. The molecular formula is C25H41N3. The van der Waals surface area contributed by atoms with Gasteiger partial charge in [-0.25, -0.2) is 0 Å². The highest BCUT2D eigenvalue weighted by molar-refractivity contribution is 5.49. The maximum absolute atomic E-state index is 4.06. The van der Waals surface area contributed by atoms with E-state index in [-0.39, 0.29) is 0 Å². The van der Waals surface area contributed by atoms with Crippen LogP contribution in [0.25, 0.3) is 0 Å².